The quantitative estimate of drug-likeness (QED) is 0.0764. The maximum absolute atomic E-state index is 13.0. The Morgan fingerprint density at radius 3 is 1.53 bits per heavy atom. The molecular weight excluding hydrogens is 744 g/mol. The molecular formula is C45H56N2O11. The highest BCUT2D eigenvalue weighted by atomic mass is 16.5. The van der Waals surface area contributed by atoms with Crippen LogP contribution in [0.4, 0.5) is 0 Å². The number of aliphatic hydroxyl groups excluding tert-OH is 2. The van der Waals surface area contributed by atoms with Gasteiger partial charge in [-0.15, -0.1) is 0 Å². The van der Waals surface area contributed by atoms with Crippen molar-refractivity contribution < 1.29 is 53.0 Å². The lowest BCUT2D eigenvalue weighted by atomic mass is 9.90. The standard InChI is InChI=1S/C24H29NO6.C21H27NO5/c1-5-22(27)25(15-19-11-13-21(29-3)14-12-19)24(18(2)26,23(28)30-4)17-31-16-20-9-7-6-8-10-20;1-16(23)21(20(24)26-3,15-27-14-18-7-5-4-6-8-18)22-13-17-9-11-19(25-2)12-10-17/h5-14,18,26H,1,15-17H2,2-4H3;4-12,16,22-23H,13-15H2,1-3H3/t18-,24-;16-,21-/m11/s1. The molecule has 13 nitrogen and oxygen atoms in total. The molecule has 4 aromatic rings. The first kappa shape index (κ1) is 46.8. The first-order valence-electron chi connectivity index (χ1n) is 18.6. The average molecular weight is 801 g/mol. The van der Waals surface area contributed by atoms with Gasteiger partial charge in [0.15, 0.2) is 11.1 Å². The monoisotopic (exact) mass is 800 g/mol. The van der Waals surface area contributed by atoms with E-state index in [0.717, 1.165) is 34.1 Å². The Bertz CT molecular complexity index is 1840. The highest BCUT2D eigenvalue weighted by Crippen LogP contribution is 2.28. The molecule has 312 valence electrons. The zero-order valence-corrected chi connectivity index (χ0v) is 34.1. The Labute approximate surface area is 341 Å². The first-order chi connectivity index (χ1) is 27.9. The van der Waals surface area contributed by atoms with Crippen molar-refractivity contribution in [3.63, 3.8) is 0 Å². The molecule has 0 unspecified atom stereocenters. The second kappa shape index (κ2) is 23.6. The Kier molecular flexibility index (Phi) is 19.1. The molecule has 4 aromatic carbocycles. The lowest BCUT2D eigenvalue weighted by Gasteiger charge is -2.42. The van der Waals surface area contributed by atoms with Gasteiger partial charge in [0.1, 0.15) is 11.5 Å². The highest BCUT2D eigenvalue weighted by molar-refractivity contribution is 5.94. The Morgan fingerprint density at radius 1 is 0.655 bits per heavy atom. The molecule has 0 bridgehead atoms. The van der Waals surface area contributed by atoms with Gasteiger partial charge in [-0.2, -0.15) is 0 Å². The van der Waals surface area contributed by atoms with Crippen LogP contribution >= 0.6 is 0 Å². The molecule has 3 N–H and O–H groups in total. The van der Waals surface area contributed by atoms with Crippen LogP contribution in [0.25, 0.3) is 0 Å². The molecule has 0 heterocycles. The zero-order valence-electron chi connectivity index (χ0n) is 34.1. The minimum atomic E-state index is -1.77. The third-order valence-corrected chi connectivity index (χ3v) is 9.56. The van der Waals surface area contributed by atoms with Gasteiger partial charge >= 0.3 is 11.9 Å². The third-order valence-electron chi connectivity index (χ3n) is 9.56. The Balaban J connectivity index is 0.000000313. The number of rotatable bonds is 21. The number of benzene rings is 4. The second-order valence-corrected chi connectivity index (χ2v) is 13.4. The highest BCUT2D eigenvalue weighted by Gasteiger charge is 2.52. The summed E-state index contributed by atoms with van der Waals surface area (Å²) in [4.78, 5) is 39.5. The number of esters is 2. The maximum atomic E-state index is 13.0. The summed E-state index contributed by atoms with van der Waals surface area (Å²) < 4.78 is 31.8. The molecule has 0 aliphatic heterocycles. The summed E-state index contributed by atoms with van der Waals surface area (Å²) in [6.07, 6.45) is -1.20. The van der Waals surface area contributed by atoms with Crippen molar-refractivity contribution in [3.05, 3.63) is 144 Å². The summed E-state index contributed by atoms with van der Waals surface area (Å²) in [5.41, 5.74) is 0.402. The number of carbonyl (C=O) groups is 3. The SMILES string of the molecule is C=CC(=O)N(Cc1ccc(OC)cc1)[C@@](COCc1ccccc1)(C(=O)OC)[C@@H](C)O.COC(=O)[C@](COCc1ccccc1)(NCc1ccc(OC)cc1)[C@@H](C)O. The molecule has 0 aromatic heterocycles. The normalized spacial score (nSPS) is 13.9. The van der Waals surface area contributed by atoms with Crippen molar-refractivity contribution in [2.45, 2.75) is 63.4 Å². The van der Waals surface area contributed by atoms with E-state index in [9.17, 15) is 24.6 Å². The third kappa shape index (κ3) is 12.7. The van der Waals surface area contributed by atoms with E-state index < -0.39 is 41.1 Å². The molecule has 58 heavy (non-hydrogen) atoms. The summed E-state index contributed by atoms with van der Waals surface area (Å²) >= 11 is 0. The zero-order chi connectivity index (χ0) is 42.6. The molecule has 0 aliphatic carbocycles. The van der Waals surface area contributed by atoms with Gasteiger partial charge in [0.25, 0.3) is 0 Å². The predicted molar refractivity (Wildman–Crippen MR) is 219 cm³/mol. The number of methoxy groups -OCH3 is 4. The number of hydrogen-bond acceptors (Lipinski definition) is 12. The van der Waals surface area contributed by atoms with Crippen LogP contribution in [0.5, 0.6) is 11.5 Å². The van der Waals surface area contributed by atoms with E-state index in [1.807, 2.05) is 84.9 Å². The van der Waals surface area contributed by atoms with Gasteiger partial charge in [-0.05, 0) is 66.4 Å². The maximum Gasteiger partial charge on any atom is 0.336 e. The average Bonchev–Trinajstić information content (AvgIpc) is 3.26. The van der Waals surface area contributed by atoms with Gasteiger partial charge in [0.05, 0.1) is 67.1 Å². The summed E-state index contributed by atoms with van der Waals surface area (Å²) in [5.74, 6) is -0.477. The number of ether oxygens (including phenoxy) is 6. The van der Waals surface area contributed by atoms with E-state index in [4.69, 9.17) is 28.4 Å². The van der Waals surface area contributed by atoms with Crippen molar-refractivity contribution >= 4 is 17.8 Å². The summed E-state index contributed by atoms with van der Waals surface area (Å²) in [7, 11) is 5.67. The topological polar surface area (TPSA) is 162 Å². The number of amides is 1. The Hall–Kier alpha value is -5.57. The minimum absolute atomic E-state index is 0.0254. The van der Waals surface area contributed by atoms with Gasteiger partial charge in [-0.25, -0.2) is 9.59 Å². The molecule has 0 saturated heterocycles. The summed E-state index contributed by atoms with van der Waals surface area (Å²) in [6.45, 7) is 7.16. The van der Waals surface area contributed by atoms with Crippen LogP contribution in [0.2, 0.25) is 0 Å². The van der Waals surface area contributed by atoms with E-state index in [0.29, 0.717) is 18.9 Å². The number of aliphatic hydroxyl groups is 2. The van der Waals surface area contributed by atoms with E-state index in [-0.39, 0.29) is 26.4 Å². The molecule has 0 aliphatic rings. The van der Waals surface area contributed by atoms with Gasteiger partial charge in [-0.3, -0.25) is 10.1 Å². The lowest BCUT2D eigenvalue weighted by Crippen LogP contribution is -2.65. The number of nitrogens with one attached hydrogen (secondary N) is 1. The van der Waals surface area contributed by atoms with Crippen molar-refractivity contribution in [3.8, 4) is 11.5 Å². The summed E-state index contributed by atoms with van der Waals surface area (Å²) in [6, 6.07) is 33.5. The molecule has 1 amide bonds. The number of hydrogen-bond donors (Lipinski definition) is 3. The predicted octanol–water partition coefficient (Wildman–Crippen LogP) is 5.01. The van der Waals surface area contributed by atoms with Gasteiger partial charge in [0.2, 0.25) is 5.91 Å². The Morgan fingerprint density at radius 2 is 1.12 bits per heavy atom. The molecule has 0 fully saturated rings. The van der Waals surface area contributed by atoms with E-state index >= 15 is 0 Å². The number of carbonyl (C=O) groups excluding carboxylic acids is 3. The van der Waals surface area contributed by atoms with Crippen LogP contribution in [0.1, 0.15) is 36.1 Å². The van der Waals surface area contributed by atoms with E-state index in [1.165, 1.54) is 26.0 Å². The largest absolute Gasteiger partial charge is 0.497 e. The minimum Gasteiger partial charge on any atom is -0.497 e. The number of nitrogens with zero attached hydrogens (tertiary/aromatic N) is 1. The van der Waals surface area contributed by atoms with Gasteiger partial charge in [-0.1, -0.05) is 91.5 Å². The van der Waals surface area contributed by atoms with Gasteiger partial charge < -0.3 is 43.5 Å². The van der Waals surface area contributed by atoms with Crippen LogP contribution < -0.4 is 14.8 Å². The fourth-order valence-electron chi connectivity index (χ4n) is 5.99. The van der Waals surface area contributed by atoms with Gasteiger partial charge in [0, 0.05) is 13.1 Å². The molecule has 4 atom stereocenters. The van der Waals surface area contributed by atoms with Crippen LogP contribution in [-0.2, 0) is 59.6 Å². The van der Waals surface area contributed by atoms with E-state index in [2.05, 4.69) is 11.9 Å². The fourth-order valence-corrected chi connectivity index (χ4v) is 5.99. The van der Waals surface area contributed by atoms with Crippen LogP contribution in [0, 0.1) is 0 Å². The van der Waals surface area contributed by atoms with Crippen LogP contribution in [0.15, 0.2) is 122 Å². The molecule has 13 heteroatoms. The van der Waals surface area contributed by atoms with Crippen LogP contribution in [0.3, 0.4) is 0 Å². The second-order valence-electron chi connectivity index (χ2n) is 13.4. The summed E-state index contributed by atoms with van der Waals surface area (Å²) in [5, 5.41) is 24.2. The molecule has 0 saturated carbocycles. The van der Waals surface area contributed by atoms with Crippen molar-refractivity contribution in [2.24, 2.45) is 0 Å². The van der Waals surface area contributed by atoms with Crippen molar-refractivity contribution in [1.29, 1.82) is 0 Å². The van der Waals surface area contributed by atoms with Crippen molar-refractivity contribution in [1.82, 2.24) is 10.2 Å². The lowest BCUT2D eigenvalue weighted by molar-refractivity contribution is -0.177. The smallest absolute Gasteiger partial charge is 0.336 e. The first-order valence-corrected chi connectivity index (χ1v) is 18.6. The fraction of sp³-hybridized carbons (Fsp3) is 0.356. The van der Waals surface area contributed by atoms with Crippen LogP contribution in [-0.4, -0.2) is 97.9 Å². The molecule has 4 rings (SSSR count). The van der Waals surface area contributed by atoms with E-state index in [1.54, 1.807) is 45.4 Å². The molecule has 0 radical (unpaired) electrons. The molecule has 0 spiro atoms. The van der Waals surface area contributed by atoms with Crippen molar-refractivity contribution in [2.75, 3.05) is 41.7 Å².